The first-order valence-electron chi connectivity index (χ1n) is 10.8. The predicted molar refractivity (Wildman–Crippen MR) is 124 cm³/mol. The van der Waals surface area contributed by atoms with Gasteiger partial charge in [-0.1, -0.05) is 41.9 Å². The highest BCUT2D eigenvalue weighted by Crippen LogP contribution is 2.25. The van der Waals surface area contributed by atoms with E-state index in [2.05, 4.69) is 17.6 Å². The zero-order chi connectivity index (χ0) is 23.1. The number of nitrogens with one attached hydrogen (secondary N) is 2. The van der Waals surface area contributed by atoms with Gasteiger partial charge >= 0.3 is 6.03 Å². The molecule has 8 heteroatoms. The quantitative estimate of drug-likeness (QED) is 0.590. The Bertz CT molecular complexity index is 964. The van der Waals surface area contributed by atoms with E-state index >= 15 is 0 Å². The first kappa shape index (κ1) is 23.6. The molecule has 7 nitrogen and oxygen atoms in total. The first-order chi connectivity index (χ1) is 15.3. The Morgan fingerprint density at radius 2 is 1.84 bits per heavy atom. The van der Waals surface area contributed by atoms with Crippen molar-refractivity contribution >= 4 is 29.4 Å². The standard InChI is InChI=1S/C24H29ClN4O3/c1-16-6-4-5-13-29(16)23(31)18-11-9-17(10-12-18)15-27-22(30)14-21(28-24(26)32)19-7-2-3-8-20(19)25/h2-3,7-12,16,21H,4-6,13-15H2,1H3,(H,27,30)(H3,26,28,32). The first-order valence-corrected chi connectivity index (χ1v) is 11.2. The Balaban J connectivity index is 1.57. The molecule has 0 bridgehead atoms. The van der Waals surface area contributed by atoms with Crippen molar-refractivity contribution in [1.29, 1.82) is 0 Å². The number of hydrogen-bond acceptors (Lipinski definition) is 3. The van der Waals surface area contributed by atoms with Gasteiger partial charge in [0.05, 0.1) is 12.5 Å². The largest absolute Gasteiger partial charge is 0.352 e. The van der Waals surface area contributed by atoms with Gasteiger partial charge in [0.2, 0.25) is 5.91 Å². The highest BCUT2D eigenvalue weighted by molar-refractivity contribution is 6.31. The molecular weight excluding hydrogens is 428 g/mol. The number of carbonyl (C=O) groups is 3. The maximum atomic E-state index is 12.8. The van der Waals surface area contributed by atoms with Crippen LogP contribution >= 0.6 is 11.6 Å². The van der Waals surface area contributed by atoms with Gasteiger partial charge in [-0.2, -0.15) is 0 Å². The zero-order valence-electron chi connectivity index (χ0n) is 18.1. The Labute approximate surface area is 193 Å². The fourth-order valence-corrected chi connectivity index (χ4v) is 4.22. The second-order valence-corrected chi connectivity index (χ2v) is 8.51. The number of nitrogens with zero attached hydrogens (tertiary/aromatic N) is 1. The van der Waals surface area contributed by atoms with E-state index in [1.54, 1.807) is 36.4 Å². The molecule has 3 rings (SSSR count). The Morgan fingerprint density at radius 1 is 1.12 bits per heavy atom. The van der Waals surface area contributed by atoms with Crippen molar-refractivity contribution in [3.63, 3.8) is 0 Å². The topological polar surface area (TPSA) is 105 Å². The summed E-state index contributed by atoms with van der Waals surface area (Å²) in [6.45, 7) is 3.19. The second kappa shape index (κ2) is 11.0. The molecule has 4 N–H and O–H groups in total. The van der Waals surface area contributed by atoms with Gasteiger partial charge in [0.1, 0.15) is 0 Å². The Hall–Kier alpha value is -3.06. The van der Waals surface area contributed by atoms with Gasteiger partial charge in [0, 0.05) is 29.7 Å². The van der Waals surface area contributed by atoms with E-state index in [4.69, 9.17) is 17.3 Å². The maximum Gasteiger partial charge on any atom is 0.312 e. The monoisotopic (exact) mass is 456 g/mol. The lowest BCUT2D eigenvalue weighted by Crippen LogP contribution is -2.42. The third-order valence-electron chi connectivity index (χ3n) is 5.74. The summed E-state index contributed by atoms with van der Waals surface area (Å²) in [5.74, 6) is -0.209. The lowest BCUT2D eigenvalue weighted by molar-refractivity contribution is -0.121. The minimum atomic E-state index is -0.731. The van der Waals surface area contributed by atoms with Crippen molar-refractivity contribution < 1.29 is 14.4 Å². The molecule has 2 unspecified atom stereocenters. The van der Waals surface area contributed by atoms with Crippen molar-refractivity contribution in [2.45, 2.75) is 51.2 Å². The molecule has 2 atom stereocenters. The van der Waals surface area contributed by atoms with Crippen molar-refractivity contribution in [1.82, 2.24) is 15.5 Å². The number of benzene rings is 2. The molecular formula is C24H29ClN4O3. The summed E-state index contributed by atoms with van der Waals surface area (Å²) in [7, 11) is 0. The second-order valence-electron chi connectivity index (χ2n) is 8.10. The number of primary amides is 1. The molecule has 0 spiro atoms. The van der Waals surface area contributed by atoms with Gasteiger partial charge in [0.15, 0.2) is 0 Å². The number of amides is 4. The van der Waals surface area contributed by atoms with E-state index < -0.39 is 12.1 Å². The lowest BCUT2D eigenvalue weighted by atomic mass is 10.0. The van der Waals surface area contributed by atoms with Crippen molar-refractivity contribution in [2.24, 2.45) is 5.73 Å². The molecule has 1 fully saturated rings. The van der Waals surface area contributed by atoms with Crippen molar-refractivity contribution in [3.8, 4) is 0 Å². The highest BCUT2D eigenvalue weighted by Gasteiger charge is 2.24. The van der Waals surface area contributed by atoms with Crippen LogP contribution in [0.5, 0.6) is 0 Å². The number of halogens is 1. The van der Waals surface area contributed by atoms with Crippen LogP contribution in [0.2, 0.25) is 5.02 Å². The fraction of sp³-hybridized carbons (Fsp3) is 0.375. The number of nitrogens with two attached hydrogens (primary N) is 1. The summed E-state index contributed by atoms with van der Waals surface area (Å²) < 4.78 is 0. The molecule has 170 valence electrons. The number of urea groups is 1. The van der Waals surface area contributed by atoms with Crippen LogP contribution in [0.3, 0.4) is 0 Å². The molecule has 0 aliphatic carbocycles. The molecule has 2 aromatic rings. The van der Waals surface area contributed by atoms with Crippen molar-refractivity contribution in [2.75, 3.05) is 6.54 Å². The van der Waals surface area contributed by atoms with Crippen LogP contribution < -0.4 is 16.4 Å². The third-order valence-corrected chi connectivity index (χ3v) is 6.09. The molecule has 0 aromatic heterocycles. The molecule has 2 aromatic carbocycles. The van der Waals surface area contributed by atoms with Crippen LogP contribution in [0, 0.1) is 0 Å². The Morgan fingerprint density at radius 3 is 2.50 bits per heavy atom. The van der Waals surface area contributed by atoms with Crippen LogP contribution in [-0.2, 0) is 11.3 Å². The number of rotatable bonds is 7. The van der Waals surface area contributed by atoms with Gasteiger partial charge in [0.25, 0.3) is 5.91 Å². The van der Waals surface area contributed by atoms with Gasteiger partial charge < -0.3 is 21.3 Å². The van der Waals surface area contributed by atoms with Gasteiger partial charge in [-0.05, 0) is 55.5 Å². The molecule has 1 aliphatic rings. The summed E-state index contributed by atoms with van der Waals surface area (Å²) >= 11 is 6.21. The molecule has 0 radical (unpaired) electrons. The number of carbonyl (C=O) groups excluding carboxylic acids is 3. The minimum absolute atomic E-state index is 0.00388. The fourth-order valence-electron chi connectivity index (χ4n) is 3.96. The molecule has 1 saturated heterocycles. The van der Waals surface area contributed by atoms with Crippen LogP contribution in [0.25, 0.3) is 0 Å². The molecule has 32 heavy (non-hydrogen) atoms. The molecule has 1 aliphatic heterocycles. The molecule has 0 saturated carbocycles. The van der Waals surface area contributed by atoms with Gasteiger partial charge in [-0.25, -0.2) is 4.79 Å². The average molecular weight is 457 g/mol. The minimum Gasteiger partial charge on any atom is -0.352 e. The summed E-state index contributed by atoms with van der Waals surface area (Å²) in [4.78, 5) is 38.6. The van der Waals surface area contributed by atoms with E-state index in [1.165, 1.54) is 0 Å². The van der Waals surface area contributed by atoms with Crippen LogP contribution in [0.15, 0.2) is 48.5 Å². The van der Waals surface area contributed by atoms with Crippen LogP contribution in [-0.4, -0.2) is 35.3 Å². The molecule has 1 heterocycles. The van der Waals surface area contributed by atoms with E-state index in [9.17, 15) is 14.4 Å². The predicted octanol–water partition coefficient (Wildman–Crippen LogP) is 3.77. The van der Waals surface area contributed by atoms with E-state index in [0.29, 0.717) is 22.7 Å². The normalized spacial score (nSPS) is 16.8. The average Bonchev–Trinajstić information content (AvgIpc) is 2.77. The summed E-state index contributed by atoms with van der Waals surface area (Å²) in [5.41, 5.74) is 7.41. The van der Waals surface area contributed by atoms with Crippen molar-refractivity contribution in [3.05, 3.63) is 70.2 Å². The van der Waals surface area contributed by atoms with E-state index in [0.717, 1.165) is 31.4 Å². The van der Waals surface area contributed by atoms with E-state index in [1.807, 2.05) is 17.0 Å². The van der Waals surface area contributed by atoms with Gasteiger partial charge in [-0.15, -0.1) is 0 Å². The van der Waals surface area contributed by atoms with Gasteiger partial charge in [-0.3, -0.25) is 9.59 Å². The number of hydrogen-bond donors (Lipinski definition) is 3. The summed E-state index contributed by atoms with van der Waals surface area (Å²) in [5, 5.41) is 5.86. The zero-order valence-corrected chi connectivity index (χ0v) is 18.9. The highest BCUT2D eigenvalue weighted by atomic mass is 35.5. The Kier molecular flexibility index (Phi) is 8.11. The maximum absolute atomic E-state index is 12.8. The van der Waals surface area contributed by atoms with E-state index in [-0.39, 0.29) is 24.3 Å². The number of likely N-dealkylation sites (tertiary alicyclic amines) is 1. The smallest absolute Gasteiger partial charge is 0.312 e. The summed E-state index contributed by atoms with van der Waals surface area (Å²) in [6, 6.07) is 13.2. The third kappa shape index (κ3) is 6.23. The summed E-state index contributed by atoms with van der Waals surface area (Å²) in [6.07, 6.45) is 3.24. The number of piperidine rings is 1. The molecule has 4 amide bonds. The van der Waals surface area contributed by atoms with Crippen LogP contribution in [0.4, 0.5) is 4.79 Å². The lowest BCUT2D eigenvalue weighted by Gasteiger charge is -2.33. The van der Waals surface area contributed by atoms with Crippen LogP contribution in [0.1, 0.15) is 60.1 Å². The SMILES string of the molecule is CC1CCCCN1C(=O)c1ccc(CNC(=O)CC(NC(N)=O)c2ccccc2Cl)cc1.